The number of rotatable bonds is 4. The standard InChI is InChI=1S/C12H17BrN2O6/c1-20-12(2-3-13)6-15(11(19)14-10(12)18)9-4-7(17)8(5-16)21-9/h2-3,7-9,16-17H,4-6H2,1H3,(H,14,18,19)/b3-2+/t7-,8+,9+,12?/m0/s1. The molecule has 8 nitrogen and oxygen atoms in total. The van der Waals surface area contributed by atoms with Crippen molar-refractivity contribution in [2.24, 2.45) is 0 Å². The predicted molar refractivity (Wildman–Crippen MR) is 74.4 cm³/mol. The van der Waals surface area contributed by atoms with Crippen LogP contribution in [0.5, 0.6) is 0 Å². The van der Waals surface area contributed by atoms with Gasteiger partial charge in [0.2, 0.25) is 0 Å². The molecule has 4 atom stereocenters. The van der Waals surface area contributed by atoms with E-state index >= 15 is 0 Å². The SMILES string of the molecule is COC1(/C=C/Br)CN([C@H]2C[C@H](O)[C@@H](CO)O2)C(=O)NC1=O. The van der Waals surface area contributed by atoms with Crippen LogP contribution in [-0.4, -0.2) is 71.3 Å². The molecule has 21 heavy (non-hydrogen) atoms. The van der Waals surface area contributed by atoms with Crippen LogP contribution in [0.3, 0.4) is 0 Å². The molecule has 2 aliphatic heterocycles. The number of carbonyl (C=O) groups is 2. The van der Waals surface area contributed by atoms with Gasteiger partial charge >= 0.3 is 6.03 Å². The van der Waals surface area contributed by atoms with E-state index in [1.165, 1.54) is 23.1 Å². The van der Waals surface area contributed by atoms with Crippen molar-refractivity contribution in [3.63, 3.8) is 0 Å². The van der Waals surface area contributed by atoms with Crippen LogP contribution in [0, 0.1) is 0 Å². The summed E-state index contributed by atoms with van der Waals surface area (Å²) in [5.41, 5.74) is -1.33. The first kappa shape index (κ1) is 16.4. The van der Waals surface area contributed by atoms with E-state index in [0.717, 1.165) is 0 Å². The summed E-state index contributed by atoms with van der Waals surface area (Å²) in [5.74, 6) is -0.570. The van der Waals surface area contributed by atoms with E-state index in [9.17, 15) is 14.7 Å². The van der Waals surface area contributed by atoms with E-state index in [1.807, 2.05) is 0 Å². The number of aliphatic hydroxyl groups is 2. The summed E-state index contributed by atoms with van der Waals surface area (Å²) < 4.78 is 10.7. The fourth-order valence-corrected chi connectivity index (χ4v) is 2.86. The molecule has 0 bridgehead atoms. The van der Waals surface area contributed by atoms with E-state index in [1.54, 1.807) is 0 Å². The monoisotopic (exact) mass is 364 g/mol. The molecular weight excluding hydrogens is 348 g/mol. The van der Waals surface area contributed by atoms with Gasteiger partial charge in [0.25, 0.3) is 5.91 Å². The Labute approximate surface area is 129 Å². The first-order valence-corrected chi connectivity index (χ1v) is 7.28. The smallest absolute Gasteiger partial charge is 0.326 e. The van der Waals surface area contributed by atoms with E-state index in [0.29, 0.717) is 0 Å². The third-order valence-electron chi connectivity index (χ3n) is 3.70. The van der Waals surface area contributed by atoms with Crippen LogP contribution < -0.4 is 5.32 Å². The summed E-state index contributed by atoms with van der Waals surface area (Å²) in [6.07, 6.45) is -0.705. The summed E-state index contributed by atoms with van der Waals surface area (Å²) >= 11 is 3.09. The van der Waals surface area contributed by atoms with Gasteiger partial charge in [-0.2, -0.15) is 0 Å². The Morgan fingerprint density at radius 3 is 2.86 bits per heavy atom. The molecule has 9 heteroatoms. The average Bonchev–Trinajstić information content (AvgIpc) is 2.83. The topological polar surface area (TPSA) is 108 Å². The van der Waals surface area contributed by atoms with Gasteiger partial charge in [0, 0.05) is 13.5 Å². The van der Waals surface area contributed by atoms with Crippen molar-refractivity contribution in [3.05, 3.63) is 11.1 Å². The molecule has 2 saturated heterocycles. The number of methoxy groups -OCH3 is 1. The van der Waals surface area contributed by atoms with Gasteiger partial charge in [-0.3, -0.25) is 15.0 Å². The molecule has 0 spiro atoms. The molecule has 2 aliphatic rings. The number of halogens is 1. The van der Waals surface area contributed by atoms with Gasteiger partial charge in [-0.25, -0.2) is 4.79 Å². The maximum atomic E-state index is 12.0. The van der Waals surface area contributed by atoms with Crippen LogP contribution in [0.4, 0.5) is 4.79 Å². The van der Waals surface area contributed by atoms with Gasteiger partial charge in [0.15, 0.2) is 5.60 Å². The lowest BCUT2D eigenvalue weighted by atomic mass is 9.99. The van der Waals surface area contributed by atoms with Gasteiger partial charge < -0.3 is 19.7 Å². The summed E-state index contributed by atoms with van der Waals surface area (Å²) in [6, 6.07) is -0.619. The van der Waals surface area contributed by atoms with Crippen LogP contribution in [0.15, 0.2) is 11.1 Å². The summed E-state index contributed by atoms with van der Waals surface area (Å²) in [4.78, 5) is 26.7. The van der Waals surface area contributed by atoms with Crippen molar-refractivity contribution in [2.75, 3.05) is 20.3 Å². The number of carbonyl (C=O) groups excluding carboxylic acids is 2. The van der Waals surface area contributed by atoms with Crippen LogP contribution >= 0.6 is 15.9 Å². The Hall–Kier alpha value is -1.00. The molecular formula is C12H17BrN2O6. The quantitative estimate of drug-likeness (QED) is 0.608. The molecule has 3 amide bonds. The van der Waals surface area contributed by atoms with Gasteiger partial charge in [-0.1, -0.05) is 15.9 Å². The maximum Gasteiger partial charge on any atom is 0.326 e. The molecule has 1 unspecified atom stereocenters. The number of hydrogen-bond donors (Lipinski definition) is 3. The first-order valence-electron chi connectivity index (χ1n) is 6.37. The highest BCUT2D eigenvalue weighted by atomic mass is 79.9. The Kier molecular flexibility index (Phi) is 4.99. The second kappa shape index (κ2) is 6.41. The number of nitrogens with zero attached hydrogens (tertiary/aromatic N) is 1. The number of aliphatic hydroxyl groups excluding tert-OH is 2. The minimum absolute atomic E-state index is 0.0498. The summed E-state index contributed by atoms with van der Waals surface area (Å²) in [6.45, 7) is -0.394. The molecule has 2 fully saturated rings. The number of hydrogen-bond acceptors (Lipinski definition) is 6. The third kappa shape index (κ3) is 2.97. The van der Waals surface area contributed by atoms with Gasteiger partial charge in [0.05, 0.1) is 19.3 Å². The van der Waals surface area contributed by atoms with E-state index in [4.69, 9.17) is 14.6 Å². The van der Waals surface area contributed by atoms with Gasteiger partial charge in [-0.15, -0.1) is 0 Å². The molecule has 0 aromatic heterocycles. The first-order chi connectivity index (χ1) is 9.97. The van der Waals surface area contributed by atoms with E-state index < -0.39 is 36.0 Å². The highest BCUT2D eigenvalue weighted by Crippen LogP contribution is 2.28. The lowest BCUT2D eigenvalue weighted by molar-refractivity contribution is -0.147. The van der Waals surface area contributed by atoms with E-state index in [2.05, 4.69) is 21.2 Å². The zero-order valence-electron chi connectivity index (χ0n) is 11.4. The molecule has 0 aromatic carbocycles. The Bertz CT molecular complexity index is 459. The van der Waals surface area contributed by atoms with Crippen molar-refractivity contribution in [1.29, 1.82) is 0 Å². The fraction of sp³-hybridized carbons (Fsp3) is 0.667. The third-order valence-corrected chi connectivity index (χ3v) is 3.96. The van der Waals surface area contributed by atoms with Crippen molar-refractivity contribution in [2.45, 2.75) is 30.5 Å². The molecule has 118 valence electrons. The summed E-state index contributed by atoms with van der Waals surface area (Å²) in [7, 11) is 1.36. The molecule has 2 heterocycles. The molecule has 0 aromatic rings. The number of urea groups is 1. The zero-order valence-corrected chi connectivity index (χ0v) is 12.9. The molecule has 2 rings (SSSR count). The summed E-state index contributed by atoms with van der Waals surface area (Å²) in [5, 5.41) is 21.1. The van der Waals surface area contributed by atoms with Crippen molar-refractivity contribution in [1.82, 2.24) is 10.2 Å². The van der Waals surface area contributed by atoms with Crippen molar-refractivity contribution < 1.29 is 29.3 Å². The number of ether oxygens (including phenoxy) is 2. The lowest BCUT2D eigenvalue weighted by Crippen LogP contribution is -2.66. The van der Waals surface area contributed by atoms with Crippen LogP contribution in [0.1, 0.15) is 6.42 Å². The Morgan fingerprint density at radius 2 is 2.33 bits per heavy atom. The minimum Gasteiger partial charge on any atom is -0.394 e. The van der Waals surface area contributed by atoms with Crippen molar-refractivity contribution >= 4 is 27.9 Å². The predicted octanol–water partition coefficient (Wildman–Crippen LogP) is -0.700. The van der Waals surface area contributed by atoms with E-state index in [-0.39, 0.29) is 19.6 Å². The largest absolute Gasteiger partial charge is 0.394 e. The van der Waals surface area contributed by atoms with Crippen LogP contribution in [-0.2, 0) is 14.3 Å². The maximum absolute atomic E-state index is 12.0. The second-order valence-corrected chi connectivity index (χ2v) is 5.42. The fourth-order valence-electron chi connectivity index (χ4n) is 2.43. The Morgan fingerprint density at radius 1 is 1.62 bits per heavy atom. The molecule has 3 N–H and O–H groups in total. The highest BCUT2D eigenvalue weighted by Gasteiger charge is 2.49. The Balaban J connectivity index is 2.20. The average molecular weight is 365 g/mol. The number of nitrogens with one attached hydrogen (secondary N) is 1. The van der Waals surface area contributed by atoms with Crippen LogP contribution in [0.25, 0.3) is 0 Å². The van der Waals surface area contributed by atoms with Crippen molar-refractivity contribution in [3.8, 4) is 0 Å². The second-order valence-electron chi connectivity index (χ2n) is 4.89. The van der Waals surface area contributed by atoms with Gasteiger partial charge in [-0.05, 0) is 11.1 Å². The number of imide groups is 1. The molecule has 0 radical (unpaired) electrons. The molecule has 0 aliphatic carbocycles. The zero-order chi connectivity index (χ0) is 15.6. The van der Waals surface area contributed by atoms with Crippen LogP contribution in [0.2, 0.25) is 0 Å². The highest BCUT2D eigenvalue weighted by molar-refractivity contribution is 9.11. The number of amides is 3. The minimum atomic E-state index is -1.33. The van der Waals surface area contributed by atoms with Gasteiger partial charge in [0.1, 0.15) is 12.3 Å². The lowest BCUT2D eigenvalue weighted by Gasteiger charge is -2.40. The normalized spacial score (nSPS) is 37.3. The molecule has 0 saturated carbocycles.